The van der Waals surface area contributed by atoms with Crippen LogP contribution in [0.15, 0.2) is 64.6 Å². The molecule has 1 N–H and O–H groups in total. The predicted octanol–water partition coefficient (Wildman–Crippen LogP) is 5.32. The highest BCUT2D eigenvalue weighted by Gasteiger charge is 2.38. The van der Waals surface area contributed by atoms with Gasteiger partial charge in [-0.1, -0.05) is 35.3 Å². The van der Waals surface area contributed by atoms with Gasteiger partial charge in [-0.25, -0.2) is 9.69 Å². The van der Waals surface area contributed by atoms with Crippen LogP contribution in [0.25, 0.3) is 17.4 Å². The van der Waals surface area contributed by atoms with Crippen molar-refractivity contribution < 1.29 is 23.5 Å². The molecule has 1 saturated heterocycles. The topological polar surface area (TPSA) is 88.8 Å². The highest BCUT2D eigenvalue weighted by Crippen LogP contribution is 2.33. The molecule has 32 heavy (non-hydrogen) atoms. The molecule has 0 radical (unpaired) electrons. The van der Waals surface area contributed by atoms with Gasteiger partial charge in [0, 0.05) is 10.6 Å². The Morgan fingerprint density at radius 1 is 1.06 bits per heavy atom. The number of rotatable bonds is 5. The summed E-state index contributed by atoms with van der Waals surface area (Å²) in [5.74, 6) is -0.625. The van der Waals surface area contributed by atoms with Gasteiger partial charge >= 0.3 is 6.03 Å². The monoisotopic (exact) mass is 470 g/mol. The minimum absolute atomic E-state index is 0.225. The lowest BCUT2D eigenvalue weighted by Crippen LogP contribution is -2.54. The van der Waals surface area contributed by atoms with Crippen LogP contribution in [0.2, 0.25) is 10.0 Å². The molecule has 4 rings (SSSR count). The molecule has 0 bridgehead atoms. The summed E-state index contributed by atoms with van der Waals surface area (Å²) in [7, 11) is 0. The van der Waals surface area contributed by atoms with Crippen LogP contribution in [0.4, 0.5) is 10.5 Å². The number of carbonyl (C=O) groups excluding carboxylic acids is 3. The summed E-state index contributed by atoms with van der Waals surface area (Å²) in [6.07, 6.45) is 1.27. The third-order valence-corrected chi connectivity index (χ3v) is 5.17. The molecule has 7 nitrogen and oxygen atoms in total. The number of ether oxygens (including phenoxy) is 1. The number of benzene rings is 2. The SMILES string of the molecule is CCOc1ccccc1N1C(=O)NC(=O)/C(=C/c2ccc(-c3ccc(Cl)cc3Cl)o2)C1=O. The summed E-state index contributed by atoms with van der Waals surface area (Å²) in [5, 5.41) is 3.05. The van der Waals surface area contributed by atoms with Gasteiger partial charge in [0.05, 0.1) is 17.3 Å². The lowest BCUT2D eigenvalue weighted by Gasteiger charge is -2.27. The lowest BCUT2D eigenvalue weighted by molar-refractivity contribution is -0.122. The van der Waals surface area contributed by atoms with Gasteiger partial charge < -0.3 is 9.15 Å². The van der Waals surface area contributed by atoms with Gasteiger partial charge in [-0.2, -0.15) is 0 Å². The first-order valence-corrected chi connectivity index (χ1v) is 10.3. The van der Waals surface area contributed by atoms with E-state index in [-0.39, 0.29) is 17.0 Å². The van der Waals surface area contributed by atoms with Crippen molar-refractivity contribution in [2.24, 2.45) is 0 Å². The van der Waals surface area contributed by atoms with Crippen LogP contribution in [-0.2, 0) is 9.59 Å². The van der Waals surface area contributed by atoms with Gasteiger partial charge in [0.15, 0.2) is 0 Å². The van der Waals surface area contributed by atoms with E-state index in [1.807, 2.05) is 0 Å². The number of nitrogens with zero attached hydrogens (tertiary/aromatic N) is 1. The van der Waals surface area contributed by atoms with E-state index in [0.29, 0.717) is 33.7 Å². The van der Waals surface area contributed by atoms with Crippen LogP contribution in [0.5, 0.6) is 5.75 Å². The second-order valence-electron chi connectivity index (χ2n) is 6.68. The normalized spacial score (nSPS) is 15.3. The van der Waals surface area contributed by atoms with E-state index in [9.17, 15) is 14.4 Å². The van der Waals surface area contributed by atoms with Crippen molar-refractivity contribution in [3.05, 3.63) is 76.0 Å². The number of para-hydroxylation sites is 2. The molecule has 0 spiro atoms. The lowest BCUT2D eigenvalue weighted by atomic mass is 10.1. The summed E-state index contributed by atoms with van der Waals surface area (Å²) in [6.45, 7) is 2.12. The molecular formula is C23H16Cl2N2O5. The maximum Gasteiger partial charge on any atom is 0.336 e. The number of imide groups is 2. The number of urea groups is 1. The van der Waals surface area contributed by atoms with E-state index in [4.69, 9.17) is 32.4 Å². The molecule has 162 valence electrons. The smallest absolute Gasteiger partial charge is 0.336 e. The van der Waals surface area contributed by atoms with Crippen LogP contribution in [-0.4, -0.2) is 24.5 Å². The van der Waals surface area contributed by atoms with Gasteiger partial charge in [-0.3, -0.25) is 14.9 Å². The minimum atomic E-state index is -0.864. The fourth-order valence-corrected chi connectivity index (χ4v) is 3.70. The summed E-state index contributed by atoms with van der Waals surface area (Å²) >= 11 is 12.2. The van der Waals surface area contributed by atoms with Crippen LogP contribution in [0.1, 0.15) is 12.7 Å². The van der Waals surface area contributed by atoms with Crippen molar-refractivity contribution in [3.63, 3.8) is 0 Å². The maximum absolute atomic E-state index is 13.1. The highest BCUT2D eigenvalue weighted by atomic mass is 35.5. The third kappa shape index (κ3) is 4.12. The molecule has 2 aromatic carbocycles. The molecular weight excluding hydrogens is 455 g/mol. The molecule has 1 aliphatic heterocycles. The first kappa shape index (κ1) is 21.7. The first-order valence-electron chi connectivity index (χ1n) is 9.57. The summed E-state index contributed by atoms with van der Waals surface area (Å²) < 4.78 is 11.3. The Labute approximate surface area is 193 Å². The molecule has 4 amide bonds. The Hall–Kier alpha value is -3.55. The van der Waals surface area contributed by atoms with Crippen molar-refractivity contribution >= 4 is 52.8 Å². The summed E-state index contributed by atoms with van der Waals surface area (Å²) in [6, 6.07) is 13.9. The third-order valence-electron chi connectivity index (χ3n) is 4.62. The van der Waals surface area contributed by atoms with E-state index in [2.05, 4.69) is 5.32 Å². The second-order valence-corrected chi connectivity index (χ2v) is 7.53. The molecule has 3 aromatic rings. The quantitative estimate of drug-likeness (QED) is 0.402. The number of furan rings is 1. The number of hydrogen-bond acceptors (Lipinski definition) is 5. The molecule has 9 heteroatoms. The fourth-order valence-electron chi connectivity index (χ4n) is 3.20. The van der Waals surface area contributed by atoms with Crippen molar-refractivity contribution in [1.29, 1.82) is 0 Å². The molecule has 2 heterocycles. The number of hydrogen-bond donors (Lipinski definition) is 1. The summed E-state index contributed by atoms with van der Waals surface area (Å²) in [4.78, 5) is 38.9. The Balaban J connectivity index is 1.69. The molecule has 0 atom stereocenters. The van der Waals surface area contributed by atoms with E-state index in [0.717, 1.165) is 4.90 Å². The predicted molar refractivity (Wildman–Crippen MR) is 121 cm³/mol. The number of carbonyl (C=O) groups is 3. The van der Waals surface area contributed by atoms with Crippen LogP contribution >= 0.6 is 23.2 Å². The number of barbiturate groups is 1. The molecule has 1 aliphatic rings. The molecule has 1 fully saturated rings. The van der Waals surface area contributed by atoms with E-state index >= 15 is 0 Å². The Kier molecular flexibility index (Phi) is 6.03. The zero-order valence-electron chi connectivity index (χ0n) is 16.7. The molecule has 0 aliphatic carbocycles. The standard InChI is InChI=1S/C23H16Cl2N2O5/c1-2-31-20-6-4-3-5-18(20)27-22(29)16(21(28)26-23(27)30)12-14-8-10-19(32-14)15-9-7-13(24)11-17(15)25/h3-12H,2H2,1H3,(H,26,28,30)/b16-12-. The number of amides is 4. The van der Waals surface area contributed by atoms with Gasteiger partial charge in [0.2, 0.25) is 0 Å². The highest BCUT2D eigenvalue weighted by molar-refractivity contribution is 6.39. The fraction of sp³-hybridized carbons (Fsp3) is 0.0870. The zero-order valence-corrected chi connectivity index (χ0v) is 18.2. The zero-order chi connectivity index (χ0) is 22.8. The summed E-state index contributed by atoms with van der Waals surface area (Å²) in [5.41, 5.74) is 0.560. The van der Waals surface area contributed by atoms with Crippen LogP contribution in [0.3, 0.4) is 0 Å². The second kappa shape index (κ2) is 8.90. The Morgan fingerprint density at radius 3 is 2.59 bits per heavy atom. The Morgan fingerprint density at radius 2 is 1.84 bits per heavy atom. The van der Waals surface area contributed by atoms with Crippen molar-refractivity contribution in [2.75, 3.05) is 11.5 Å². The van der Waals surface area contributed by atoms with Gasteiger partial charge in [-0.05, 0) is 55.5 Å². The van der Waals surface area contributed by atoms with Gasteiger partial charge in [0.1, 0.15) is 22.8 Å². The molecule has 0 saturated carbocycles. The average molecular weight is 471 g/mol. The van der Waals surface area contributed by atoms with Crippen LogP contribution in [0, 0.1) is 0 Å². The van der Waals surface area contributed by atoms with Crippen molar-refractivity contribution in [3.8, 4) is 17.1 Å². The number of anilines is 1. The first-order chi connectivity index (χ1) is 15.4. The Bertz CT molecular complexity index is 1260. The number of nitrogens with one attached hydrogen (secondary N) is 1. The van der Waals surface area contributed by atoms with Crippen LogP contribution < -0.4 is 15.0 Å². The van der Waals surface area contributed by atoms with E-state index in [1.165, 1.54) is 6.08 Å². The minimum Gasteiger partial charge on any atom is -0.492 e. The average Bonchev–Trinajstić information content (AvgIpc) is 3.21. The van der Waals surface area contributed by atoms with Gasteiger partial charge in [0.25, 0.3) is 11.8 Å². The largest absolute Gasteiger partial charge is 0.492 e. The van der Waals surface area contributed by atoms with Crippen molar-refractivity contribution in [1.82, 2.24) is 5.32 Å². The van der Waals surface area contributed by atoms with Gasteiger partial charge in [-0.15, -0.1) is 0 Å². The number of halogens is 2. The molecule has 1 aromatic heterocycles. The van der Waals surface area contributed by atoms with E-state index in [1.54, 1.807) is 61.5 Å². The van der Waals surface area contributed by atoms with E-state index < -0.39 is 17.8 Å². The maximum atomic E-state index is 13.1. The van der Waals surface area contributed by atoms with Crippen molar-refractivity contribution in [2.45, 2.75) is 6.92 Å². The molecule has 0 unspecified atom stereocenters.